The predicted octanol–water partition coefficient (Wildman–Crippen LogP) is -0.771. The highest BCUT2D eigenvalue weighted by atomic mass is 16.4. The van der Waals surface area contributed by atoms with Gasteiger partial charge in [0.15, 0.2) is 0 Å². The van der Waals surface area contributed by atoms with Crippen LogP contribution in [-0.2, 0) is 0 Å². The predicted molar refractivity (Wildman–Crippen MR) is 53.2 cm³/mol. The third-order valence-electron chi connectivity index (χ3n) is 3.13. The van der Waals surface area contributed by atoms with E-state index >= 15 is 0 Å². The van der Waals surface area contributed by atoms with Gasteiger partial charge in [-0.05, 0) is 5.56 Å². The maximum absolute atomic E-state index is 9.91. The molecular formula is C11H14O4. The minimum Gasteiger partial charge on any atom is -0.393 e. The Bertz CT molecular complexity index is 340. The molecule has 0 spiro atoms. The highest BCUT2D eigenvalue weighted by Crippen LogP contribution is 2.45. The van der Waals surface area contributed by atoms with Crippen LogP contribution in [0.3, 0.4) is 0 Å². The van der Waals surface area contributed by atoms with Crippen molar-refractivity contribution >= 4 is 0 Å². The first-order valence-corrected chi connectivity index (χ1v) is 4.85. The Morgan fingerprint density at radius 2 is 1.73 bits per heavy atom. The summed E-state index contributed by atoms with van der Waals surface area (Å²) in [5.41, 5.74) is -0.910. The second kappa shape index (κ2) is 3.57. The number of benzene rings is 1. The highest BCUT2D eigenvalue weighted by molar-refractivity contribution is 5.32. The summed E-state index contributed by atoms with van der Waals surface area (Å²) in [6, 6.07) is 8.89. The second-order valence-corrected chi connectivity index (χ2v) is 3.97. The van der Waals surface area contributed by atoms with E-state index in [2.05, 4.69) is 0 Å². The highest BCUT2D eigenvalue weighted by Gasteiger charge is 2.60. The summed E-state index contributed by atoms with van der Waals surface area (Å²) < 4.78 is 0. The van der Waals surface area contributed by atoms with Crippen LogP contribution in [0.25, 0.3) is 0 Å². The Balaban J connectivity index is 2.30. The fourth-order valence-corrected chi connectivity index (χ4v) is 2.18. The van der Waals surface area contributed by atoms with Gasteiger partial charge in [0.25, 0.3) is 0 Å². The van der Waals surface area contributed by atoms with E-state index in [0.29, 0.717) is 5.56 Å². The van der Waals surface area contributed by atoms with Gasteiger partial charge in [-0.2, -0.15) is 0 Å². The zero-order valence-corrected chi connectivity index (χ0v) is 8.11. The molecule has 4 atom stereocenters. The number of aliphatic hydroxyl groups excluding tert-OH is 3. The van der Waals surface area contributed by atoms with Crippen molar-refractivity contribution in [2.45, 2.75) is 23.7 Å². The van der Waals surface area contributed by atoms with Crippen LogP contribution < -0.4 is 0 Å². The van der Waals surface area contributed by atoms with Crippen molar-refractivity contribution in [2.24, 2.45) is 0 Å². The summed E-state index contributed by atoms with van der Waals surface area (Å²) in [5.74, 6) is -0.626. The number of rotatable bonds is 2. The van der Waals surface area contributed by atoms with Crippen molar-refractivity contribution in [2.75, 3.05) is 6.61 Å². The molecule has 1 fully saturated rings. The molecule has 1 aliphatic carbocycles. The Morgan fingerprint density at radius 3 is 2.27 bits per heavy atom. The van der Waals surface area contributed by atoms with Gasteiger partial charge in [-0.3, -0.25) is 0 Å². The van der Waals surface area contributed by atoms with E-state index in [1.54, 1.807) is 24.3 Å². The smallest absolute Gasteiger partial charge is 0.125 e. The molecule has 82 valence electrons. The van der Waals surface area contributed by atoms with Crippen LogP contribution >= 0.6 is 0 Å². The topological polar surface area (TPSA) is 80.9 Å². The Labute approximate surface area is 87.4 Å². The molecule has 0 saturated heterocycles. The molecule has 1 aliphatic rings. The normalized spacial score (nSPS) is 39.9. The Hall–Kier alpha value is -0.940. The zero-order valence-electron chi connectivity index (χ0n) is 8.11. The maximum Gasteiger partial charge on any atom is 0.125 e. The van der Waals surface area contributed by atoms with E-state index in [1.807, 2.05) is 6.07 Å². The summed E-state index contributed by atoms with van der Waals surface area (Å²) in [4.78, 5) is 0. The molecule has 0 radical (unpaired) electrons. The van der Waals surface area contributed by atoms with Crippen LogP contribution in [0.5, 0.6) is 0 Å². The van der Waals surface area contributed by atoms with Gasteiger partial charge in [0.2, 0.25) is 0 Å². The number of hydrogen-bond donors (Lipinski definition) is 4. The first kappa shape index (κ1) is 10.6. The largest absolute Gasteiger partial charge is 0.393 e. The molecule has 2 rings (SSSR count). The number of aliphatic hydroxyl groups is 4. The second-order valence-electron chi connectivity index (χ2n) is 3.97. The maximum atomic E-state index is 9.91. The Kier molecular flexibility index (Phi) is 2.52. The molecule has 4 nitrogen and oxygen atoms in total. The van der Waals surface area contributed by atoms with Gasteiger partial charge in [-0.25, -0.2) is 0 Å². The van der Waals surface area contributed by atoms with Crippen molar-refractivity contribution in [3.63, 3.8) is 0 Å². The molecular weight excluding hydrogens is 196 g/mol. The molecule has 15 heavy (non-hydrogen) atoms. The van der Waals surface area contributed by atoms with Gasteiger partial charge >= 0.3 is 0 Å². The van der Waals surface area contributed by atoms with Crippen LogP contribution in [-0.4, -0.2) is 44.8 Å². The zero-order chi connectivity index (χ0) is 11.1. The summed E-state index contributed by atoms with van der Waals surface area (Å²) in [6.07, 6.45) is -2.31. The van der Waals surface area contributed by atoms with Crippen LogP contribution in [0.1, 0.15) is 11.5 Å². The van der Waals surface area contributed by atoms with Crippen molar-refractivity contribution in [1.29, 1.82) is 0 Å². The number of hydrogen-bond acceptors (Lipinski definition) is 4. The van der Waals surface area contributed by atoms with E-state index in [-0.39, 0.29) is 0 Å². The molecule has 0 aliphatic heterocycles. The fraction of sp³-hybridized carbons (Fsp3) is 0.455. The van der Waals surface area contributed by atoms with Gasteiger partial charge < -0.3 is 20.4 Å². The lowest BCUT2D eigenvalue weighted by molar-refractivity contribution is -0.245. The average Bonchev–Trinajstić information content (AvgIpc) is 2.29. The lowest BCUT2D eigenvalue weighted by Gasteiger charge is -2.52. The first-order chi connectivity index (χ1) is 7.11. The van der Waals surface area contributed by atoms with Crippen LogP contribution in [0, 0.1) is 0 Å². The van der Waals surface area contributed by atoms with Crippen molar-refractivity contribution in [3.05, 3.63) is 35.9 Å². The summed E-state index contributed by atoms with van der Waals surface area (Å²) in [7, 11) is 0. The van der Waals surface area contributed by atoms with E-state index in [1.165, 1.54) is 0 Å². The lowest BCUT2D eigenvalue weighted by atomic mass is 9.62. The third-order valence-corrected chi connectivity index (χ3v) is 3.13. The van der Waals surface area contributed by atoms with E-state index in [9.17, 15) is 15.3 Å². The molecule has 4 N–H and O–H groups in total. The summed E-state index contributed by atoms with van der Waals surface area (Å²) >= 11 is 0. The van der Waals surface area contributed by atoms with Crippen LogP contribution in [0.15, 0.2) is 30.3 Å². The summed E-state index contributed by atoms with van der Waals surface area (Å²) in [6.45, 7) is -0.565. The van der Waals surface area contributed by atoms with Crippen molar-refractivity contribution < 1.29 is 20.4 Å². The first-order valence-electron chi connectivity index (χ1n) is 4.85. The van der Waals surface area contributed by atoms with Gasteiger partial charge in [0.1, 0.15) is 11.7 Å². The average molecular weight is 210 g/mol. The van der Waals surface area contributed by atoms with Gasteiger partial charge in [0, 0.05) is 5.92 Å². The molecule has 1 aromatic carbocycles. The van der Waals surface area contributed by atoms with E-state index in [4.69, 9.17) is 5.11 Å². The molecule has 0 bridgehead atoms. The van der Waals surface area contributed by atoms with Crippen molar-refractivity contribution in [1.82, 2.24) is 0 Å². The summed E-state index contributed by atoms with van der Waals surface area (Å²) in [5, 5.41) is 37.9. The van der Waals surface area contributed by atoms with Crippen LogP contribution in [0.4, 0.5) is 0 Å². The SMILES string of the molecule is OC[C@@]1(O)[C@@H](O)[C@@H](O)[C@@H]1c1ccccc1. The monoisotopic (exact) mass is 210 g/mol. The van der Waals surface area contributed by atoms with Crippen LogP contribution in [0.2, 0.25) is 0 Å². The van der Waals surface area contributed by atoms with Gasteiger partial charge in [0.05, 0.1) is 12.7 Å². The minimum atomic E-state index is -1.62. The fourth-order valence-electron chi connectivity index (χ4n) is 2.18. The molecule has 1 aromatic rings. The standard InChI is InChI=1S/C11H14O4/c12-6-11(15)8(9(13)10(11)14)7-4-2-1-3-5-7/h1-5,8-10,12-15H,6H2/t8-,9-,10-,11-/m0/s1. The molecule has 0 unspecified atom stereocenters. The quantitative estimate of drug-likeness (QED) is 0.516. The molecule has 0 heterocycles. The molecule has 4 heteroatoms. The molecule has 0 amide bonds. The Morgan fingerprint density at radius 1 is 1.13 bits per heavy atom. The van der Waals surface area contributed by atoms with E-state index < -0.39 is 30.3 Å². The lowest BCUT2D eigenvalue weighted by Crippen LogP contribution is -2.69. The van der Waals surface area contributed by atoms with Gasteiger partial charge in [-0.15, -0.1) is 0 Å². The van der Waals surface area contributed by atoms with E-state index in [0.717, 1.165) is 0 Å². The van der Waals surface area contributed by atoms with Crippen molar-refractivity contribution in [3.8, 4) is 0 Å². The molecule has 1 saturated carbocycles. The van der Waals surface area contributed by atoms with Gasteiger partial charge in [-0.1, -0.05) is 30.3 Å². The minimum absolute atomic E-state index is 0.565. The molecule has 0 aromatic heterocycles. The third kappa shape index (κ3) is 1.38.